The van der Waals surface area contributed by atoms with E-state index in [0.29, 0.717) is 31.2 Å². The van der Waals surface area contributed by atoms with Crippen molar-refractivity contribution in [2.24, 2.45) is 0 Å². The second kappa shape index (κ2) is 8.46. The molecule has 1 aliphatic heterocycles. The van der Waals surface area contributed by atoms with Gasteiger partial charge in [0.05, 0.1) is 29.4 Å². The van der Waals surface area contributed by atoms with Crippen LogP contribution in [-0.2, 0) is 14.8 Å². The summed E-state index contributed by atoms with van der Waals surface area (Å²) in [6.07, 6.45) is 1.79. The van der Waals surface area contributed by atoms with Crippen molar-refractivity contribution in [2.45, 2.75) is 9.79 Å². The van der Waals surface area contributed by atoms with Crippen LogP contribution in [0.15, 0.2) is 46.2 Å². The molecule has 1 heterocycles. The van der Waals surface area contributed by atoms with Crippen LogP contribution < -0.4 is 4.72 Å². The Labute approximate surface area is 165 Å². The van der Waals surface area contributed by atoms with E-state index in [9.17, 15) is 22.0 Å². The SMILES string of the molecule is CSc1ccc(S(=O)(=O)Nc2ccc(F)c(F)c2)cc1C(=O)N1CCOCC1. The molecule has 2 aromatic rings. The largest absolute Gasteiger partial charge is 0.378 e. The minimum atomic E-state index is -4.10. The quantitative estimate of drug-likeness (QED) is 0.741. The zero-order valence-electron chi connectivity index (χ0n) is 14.9. The van der Waals surface area contributed by atoms with E-state index in [4.69, 9.17) is 4.74 Å². The fourth-order valence-corrected chi connectivity index (χ4v) is 4.38. The minimum Gasteiger partial charge on any atom is -0.378 e. The van der Waals surface area contributed by atoms with Gasteiger partial charge in [0.25, 0.3) is 15.9 Å². The van der Waals surface area contributed by atoms with Crippen molar-refractivity contribution >= 4 is 33.4 Å². The van der Waals surface area contributed by atoms with Crippen LogP contribution in [0.3, 0.4) is 0 Å². The molecule has 28 heavy (non-hydrogen) atoms. The Morgan fingerprint density at radius 2 is 1.82 bits per heavy atom. The molecule has 10 heteroatoms. The van der Waals surface area contributed by atoms with Gasteiger partial charge >= 0.3 is 0 Å². The average Bonchev–Trinajstić information content (AvgIpc) is 2.70. The van der Waals surface area contributed by atoms with Crippen molar-refractivity contribution in [1.82, 2.24) is 4.90 Å². The first-order chi connectivity index (χ1) is 13.3. The van der Waals surface area contributed by atoms with Crippen LogP contribution in [0.2, 0.25) is 0 Å². The summed E-state index contributed by atoms with van der Waals surface area (Å²) >= 11 is 1.33. The number of benzene rings is 2. The van der Waals surface area contributed by atoms with E-state index in [1.165, 1.54) is 23.9 Å². The van der Waals surface area contributed by atoms with Crippen LogP contribution in [0, 0.1) is 11.6 Å². The summed E-state index contributed by atoms with van der Waals surface area (Å²) < 4.78 is 59.2. The lowest BCUT2D eigenvalue weighted by Crippen LogP contribution is -2.40. The highest BCUT2D eigenvalue weighted by molar-refractivity contribution is 7.98. The molecule has 0 bridgehead atoms. The van der Waals surface area contributed by atoms with Gasteiger partial charge in [-0.05, 0) is 36.6 Å². The van der Waals surface area contributed by atoms with E-state index < -0.39 is 21.7 Å². The lowest BCUT2D eigenvalue weighted by atomic mass is 10.2. The standard InChI is InChI=1S/C18H18F2N2O4S2/c1-27-17-5-3-13(11-14(17)18(23)22-6-8-26-9-7-22)28(24,25)21-12-2-4-15(19)16(20)10-12/h2-5,10-11,21H,6-9H2,1H3. The molecule has 1 saturated heterocycles. The lowest BCUT2D eigenvalue weighted by molar-refractivity contribution is 0.0300. The first-order valence-corrected chi connectivity index (χ1v) is 11.1. The number of halogens is 2. The van der Waals surface area contributed by atoms with Gasteiger partial charge in [0.1, 0.15) is 0 Å². The fourth-order valence-electron chi connectivity index (χ4n) is 2.73. The number of nitrogens with zero attached hydrogens (tertiary/aromatic N) is 1. The van der Waals surface area contributed by atoms with Crippen molar-refractivity contribution in [3.63, 3.8) is 0 Å². The van der Waals surface area contributed by atoms with E-state index in [-0.39, 0.29) is 22.1 Å². The van der Waals surface area contributed by atoms with Gasteiger partial charge in [0, 0.05) is 24.1 Å². The third kappa shape index (κ3) is 4.45. The highest BCUT2D eigenvalue weighted by Crippen LogP contribution is 2.27. The Hall–Kier alpha value is -2.17. The maximum atomic E-state index is 13.4. The minimum absolute atomic E-state index is 0.117. The van der Waals surface area contributed by atoms with Gasteiger partial charge in [-0.25, -0.2) is 17.2 Å². The highest BCUT2D eigenvalue weighted by atomic mass is 32.2. The highest BCUT2D eigenvalue weighted by Gasteiger charge is 2.24. The molecule has 0 aromatic heterocycles. The lowest BCUT2D eigenvalue weighted by Gasteiger charge is -2.27. The molecule has 0 unspecified atom stereocenters. The maximum Gasteiger partial charge on any atom is 0.261 e. The van der Waals surface area contributed by atoms with Crippen LogP contribution >= 0.6 is 11.8 Å². The van der Waals surface area contributed by atoms with E-state index in [0.717, 1.165) is 18.2 Å². The van der Waals surface area contributed by atoms with Crippen molar-refractivity contribution in [3.8, 4) is 0 Å². The Morgan fingerprint density at radius 1 is 1.11 bits per heavy atom. The number of nitrogens with one attached hydrogen (secondary N) is 1. The Kier molecular flexibility index (Phi) is 6.21. The Balaban J connectivity index is 1.92. The monoisotopic (exact) mass is 428 g/mol. The third-order valence-corrected chi connectivity index (χ3v) is 6.36. The molecule has 0 radical (unpaired) electrons. The summed E-state index contributed by atoms with van der Waals surface area (Å²) in [5.41, 5.74) is 0.150. The van der Waals surface area contributed by atoms with Crippen molar-refractivity contribution in [2.75, 3.05) is 37.3 Å². The Morgan fingerprint density at radius 3 is 2.46 bits per heavy atom. The summed E-state index contributed by atoms with van der Waals surface area (Å²) in [6.45, 7) is 1.71. The molecular formula is C18H18F2N2O4S2. The number of sulfonamides is 1. The smallest absolute Gasteiger partial charge is 0.261 e. The number of rotatable bonds is 5. The van der Waals surface area contributed by atoms with Gasteiger partial charge in [-0.1, -0.05) is 0 Å². The van der Waals surface area contributed by atoms with Gasteiger partial charge in [-0.2, -0.15) is 0 Å². The first-order valence-electron chi connectivity index (χ1n) is 8.35. The first kappa shape index (κ1) is 20.6. The van der Waals surface area contributed by atoms with Gasteiger partial charge in [0.15, 0.2) is 11.6 Å². The summed E-state index contributed by atoms with van der Waals surface area (Å²) in [6, 6.07) is 6.92. The number of carbonyl (C=O) groups excluding carboxylic acids is 1. The molecule has 1 fully saturated rings. The molecule has 1 N–H and O–H groups in total. The summed E-state index contributed by atoms with van der Waals surface area (Å²) in [4.78, 5) is 15.0. The maximum absolute atomic E-state index is 13.4. The van der Waals surface area contributed by atoms with Crippen LogP contribution in [0.1, 0.15) is 10.4 Å². The molecule has 0 saturated carbocycles. The molecule has 0 atom stereocenters. The molecular weight excluding hydrogens is 410 g/mol. The van der Waals surface area contributed by atoms with E-state index in [1.807, 2.05) is 0 Å². The number of ether oxygens (including phenoxy) is 1. The normalized spacial score (nSPS) is 14.8. The molecule has 1 amide bonds. The molecule has 2 aromatic carbocycles. The van der Waals surface area contributed by atoms with Crippen LogP contribution in [0.5, 0.6) is 0 Å². The van der Waals surface area contributed by atoms with Crippen LogP contribution in [-0.4, -0.2) is 51.8 Å². The number of amides is 1. The van der Waals surface area contributed by atoms with Gasteiger partial charge in [-0.15, -0.1) is 11.8 Å². The zero-order chi connectivity index (χ0) is 20.3. The second-order valence-electron chi connectivity index (χ2n) is 6.00. The van der Waals surface area contributed by atoms with Crippen LogP contribution in [0.4, 0.5) is 14.5 Å². The number of hydrogen-bond acceptors (Lipinski definition) is 5. The summed E-state index contributed by atoms with van der Waals surface area (Å²) in [5, 5.41) is 0. The molecule has 3 rings (SSSR count). The number of hydrogen-bond donors (Lipinski definition) is 1. The van der Waals surface area contributed by atoms with E-state index in [1.54, 1.807) is 17.2 Å². The molecule has 150 valence electrons. The average molecular weight is 428 g/mol. The zero-order valence-corrected chi connectivity index (χ0v) is 16.6. The van der Waals surface area contributed by atoms with E-state index >= 15 is 0 Å². The van der Waals surface area contributed by atoms with Crippen molar-refractivity contribution in [3.05, 3.63) is 53.6 Å². The molecule has 0 aliphatic carbocycles. The fraction of sp³-hybridized carbons (Fsp3) is 0.278. The van der Waals surface area contributed by atoms with Gasteiger partial charge < -0.3 is 9.64 Å². The van der Waals surface area contributed by atoms with Crippen LogP contribution in [0.25, 0.3) is 0 Å². The Bertz CT molecular complexity index is 993. The van der Waals surface area contributed by atoms with Crippen molar-refractivity contribution < 1.29 is 26.7 Å². The summed E-state index contributed by atoms with van der Waals surface area (Å²) in [7, 11) is -4.10. The number of anilines is 1. The predicted octanol–water partition coefficient (Wildman–Crippen LogP) is 2.96. The van der Waals surface area contributed by atoms with Gasteiger partial charge in [0.2, 0.25) is 0 Å². The van der Waals surface area contributed by atoms with E-state index in [2.05, 4.69) is 4.72 Å². The number of morpholine rings is 1. The predicted molar refractivity (Wildman–Crippen MR) is 102 cm³/mol. The number of thioether (sulfide) groups is 1. The topological polar surface area (TPSA) is 75.7 Å². The molecule has 0 spiro atoms. The third-order valence-electron chi connectivity index (χ3n) is 4.18. The number of carbonyl (C=O) groups is 1. The molecule has 6 nitrogen and oxygen atoms in total. The van der Waals surface area contributed by atoms with Gasteiger partial charge in [-0.3, -0.25) is 9.52 Å². The van der Waals surface area contributed by atoms with Crippen molar-refractivity contribution in [1.29, 1.82) is 0 Å². The second-order valence-corrected chi connectivity index (χ2v) is 8.53. The summed E-state index contributed by atoms with van der Waals surface area (Å²) in [5.74, 6) is -2.52. The molecule has 1 aliphatic rings.